The Bertz CT molecular complexity index is 804. The predicted molar refractivity (Wildman–Crippen MR) is 127 cm³/mol. The first-order valence-corrected chi connectivity index (χ1v) is 12.8. The quantitative estimate of drug-likeness (QED) is 0.335. The predicted octanol–water partition coefficient (Wildman–Crippen LogP) is 3.09. The van der Waals surface area contributed by atoms with Crippen molar-refractivity contribution >= 4 is 41.0 Å². The number of ether oxygens (including phenoxy) is 1. The molecule has 3 rings (SSSR count). The number of rotatable bonds is 7. The Morgan fingerprint density at radius 2 is 1.84 bits per heavy atom. The van der Waals surface area contributed by atoms with Crippen LogP contribution < -0.4 is 4.90 Å². The molecule has 10 heteroatoms. The lowest BCUT2D eigenvalue weighted by Gasteiger charge is -2.40. The second-order valence-corrected chi connectivity index (χ2v) is 9.99. The summed E-state index contributed by atoms with van der Waals surface area (Å²) in [5.74, 6) is 1.27. The van der Waals surface area contributed by atoms with E-state index < -0.39 is 0 Å². The molecule has 1 aromatic rings. The van der Waals surface area contributed by atoms with Crippen molar-refractivity contribution in [3.8, 4) is 0 Å². The first-order valence-electron chi connectivity index (χ1n) is 11.4. The smallest absolute Gasteiger partial charge is 0.233 e. The molecule has 2 fully saturated rings. The molecule has 8 nitrogen and oxygen atoms in total. The van der Waals surface area contributed by atoms with Crippen molar-refractivity contribution < 1.29 is 14.3 Å². The molecule has 0 saturated carbocycles. The number of amides is 2. The maximum atomic E-state index is 12.7. The minimum Gasteiger partial charge on any atom is -0.372 e. The highest BCUT2D eigenvalue weighted by atomic mass is 35.5. The fourth-order valence-electron chi connectivity index (χ4n) is 4.22. The summed E-state index contributed by atoms with van der Waals surface area (Å²) in [5, 5.41) is 0.844. The molecule has 32 heavy (non-hydrogen) atoms. The Labute approximate surface area is 200 Å². The van der Waals surface area contributed by atoms with Crippen LogP contribution in [0.3, 0.4) is 0 Å². The van der Waals surface area contributed by atoms with E-state index in [1.807, 2.05) is 23.6 Å². The van der Waals surface area contributed by atoms with E-state index in [-0.39, 0.29) is 35.8 Å². The second kappa shape index (κ2) is 11.5. The number of morpholine rings is 1. The van der Waals surface area contributed by atoms with Gasteiger partial charge in [-0.05, 0) is 27.2 Å². The number of piperazine rings is 1. The summed E-state index contributed by atoms with van der Waals surface area (Å²) in [6, 6.07) is 1.85. The Morgan fingerprint density at radius 3 is 2.50 bits per heavy atom. The molecule has 3 unspecified atom stereocenters. The fourth-order valence-corrected chi connectivity index (χ4v) is 5.20. The lowest BCUT2D eigenvalue weighted by molar-refractivity contribution is -0.140. The largest absolute Gasteiger partial charge is 0.372 e. The minimum absolute atomic E-state index is 0.0382. The number of nitrogens with zero attached hydrogens (tertiary/aromatic N) is 5. The first kappa shape index (κ1) is 25.1. The van der Waals surface area contributed by atoms with Crippen molar-refractivity contribution in [3.05, 3.63) is 11.2 Å². The fraction of sp³-hybridized carbons (Fsp3) is 0.727. The molecular weight excluding hydrogens is 450 g/mol. The SMILES string of the molecule is CCCCC(=O)N1CCN(c2cc(Cl)nc(SCC(=O)N3CC(C)OC(C)C3)n2)CC1C. The van der Waals surface area contributed by atoms with Gasteiger partial charge in [0.15, 0.2) is 5.16 Å². The zero-order valence-electron chi connectivity index (χ0n) is 19.4. The summed E-state index contributed by atoms with van der Waals surface area (Å²) in [6.45, 7) is 11.4. The van der Waals surface area contributed by atoms with Gasteiger partial charge in [-0.3, -0.25) is 9.59 Å². The molecule has 2 aliphatic rings. The lowest BCUT2D eigenvalue weighted by Crippen LogP contribution is -2.54. The van der Waals surface area contributed by atoms with Gasteiger partial charge in [-0.15, -0.1) is 0 Å². The maximum Gasteiger partial charge on any atom is 0.233 e. The number of aromatic nitrogens is 2. The Kier molecular flexibility index (Phi) is 9.02. The number of unbranched alkanes of at least 4 members (excludes halogenated alkanes) is 1. The van der Waals surface area contributed by atoms with Gasteiger partial charge < -0.3 is 19.4 Å². The summed E-state index contributed by atoms with van der Waals surface area (Å²) in [6.07, 6.45) is 2.63. The molecule has 0 spiro atoms. The number of carbonyl (C=O) groups excluding carboxylic acids is 2. The third-order valence-corrected chi connectivity index (χ3v) is 6.80. The van der Waals surface area contributed by atoms with Crippen LogP contribution in [0.5, 0.6) is 0 Å². The zero-order valence-corrected chi connectivity index (χ0v) is 21.0. The van der Waals surface area contributed by atoms with E-state index in [4.69, 9.17) is 16.3 Å². The van der Waals surface area contributed by atoms with Gasteiger partial charge in [0.25, 0.3) is 0 Å². The van der Waals surface area contributed by atoms with Gasteiger partial charge in [0.05, 0.1) is 18.0 Å². The third kappa shape index (κ3) is 6.71. The van der Waals surface area contributed by atoms with Crippen LogP contribution in [0.1, 0.15) is 47.0 Å². The van der Waals surface area contributed by atoms with Crippen molar-refractivity contribution in [1.82, 2.24) is 19.8 Å². The van der Waals surface area contributed by atoms with Crippen LogP contribution in [-0.2, 0) is 14.3 Å². The van der Waals surface area contributed by atoms with E-state index in [0.717, 1.165) is 18.7 Å². The molecule has 0 bridgehead atoms. The highest BCUT2D eigenvalue weighted by molar-refractivity contribution is 7.99. The van der Waals surface area contributed by atoms with Crippen LogP contribution in [0.2, 0.25) is 5.15 Å². The minimum atomic E-state index is 0.0382. The van der Waals surface area contributed by atoms with Crippen LogP contribution in [0, 0.1) is 0 Å². The number of hydrogen-bond donors (Lipinski definition) is 0. The number of halogens is 1. The molecule has 2 amide bonds. The van der Waals surface area contributed by atoms with E-state index in [9.17, 15) is 9.59 Å². The summed E-state index contributed by atoms with van der Waals surface area (Å²) in [4.78, 5) is 40.0. The van der Waals surface area contributed by atoms with Gasteiger partial charge in [0.1, 0.15) is 11.0 Å². The molecule has 178 valence electrons. The topological polar surface area (TPSA) is 78.9 Å². The summed E-state index contributed by atoms with van der Waals surface area (Å²) in [7, 11) is 0. The van der Waals surface area contributed by atoms with Crippen molar-refractivity contribution in [2.45, 2.75) is 70.4 Å². The van der Waals surface area contributed by atoms with Crippen molar-refractivity contribution in [3.63, 3.8) is 0 Å². The van der Waals surface area contributed by atoms with Gasteiger partial charge in [0, 0.05) is 51.3 Å². The normalized spacial score (nSPS) is 24.0. The average molecular weight is 484 g/mol. The second-order valence-electron chi connectivity index (χ2n) is 8.66. The van der Waals surface area contributed by atoms with Gasteiger partial charge in [-0.25, -0.2) is 9.97 Å². The van der Waals surface area contributed by atoms with Gasteiger partial charge >= 0.3 is 0 Å². The van der Waals surface area contributed by atoms with E-state index >= 15 is 0 Å². The molecule has 0 radical (unpaired) electrons. The maximum absolute atomic E-state index is 12.7. The molecular formula is C22H34ClN5O3S. The molecule has 0 aromatic carbocycles. The number of thioether (sulfide) groups is 1. The average Bonchev–Trinajstić information content (AvgIpc) is 2.74. The molecule has 0 N–H and O–H groups in total. The van der Waals surface area contributed by atoms with Crippen molar-refractivity contribution in [1.29, 1.82) is 0 Å². The zero-order chi connectivity index (χ0) is 23.3. The van der Waals surface area contributed by atoms with Gasteiger partial charge in [-0.1, -0.05) is 36.7 Å². The number of hydrogen-bond acceptors (Lipinski definition) is 7. The molecule has 3 heterocycles. The third-order valence-electron chi connectivity index (χ3n) is 5.77. The Balaban J connectivity index is 1.59. The summed E-state index contributed by atoms with van der Waals surface area (Å²) < 4.78 is 5.71. The van der Waals surface area contributed by atoms with Crippen LogP contribution in [-0.4, -0.2) is 88.3 Å². The standard InChI is InChI=1S/C22H34ClN5O3S/c1-5-6-7-20(29)28-9-8-26(11-15(28)2)19-10-18(23)24-22(25-19)32-14-21(30)27-12-16(3)31-17(4)13-27/h10,15-17H,5-9,11-14H2,1-4H3. The van der Waals surface area contributed by atoms with E-state index in [0.29, 0.717) is 49.5 Å². The van der Waals surface area contributed by atoms with E-state index in [2.05, 4.69) is 28.7 Å². The Hall–Kier alpha value is -1.58. The van der Waals surface area contributed by atoms with Crippen molar-refractivity contribution in [2.75, 3.05) is 43.4 Å². The molecule has 0 aliphatic carbocycles. The van der Waals surface area contributed by atoms with Gasteiger partial charge in [0.2, 0.25) is 11.8 Å². The highest BCUT2D eigenvalue weighted by Gasteiger charge is 2.29. The number of anilines is 1. The van der Waals surface area contributed by atoms with E-state index in [1.54, 1.807) is 6.07 Å². The van der Waals surface area contributed by atoms with Crippen LogP contribution in [0.4, 0.5) is 5.82 Å². The first-order chi connectivity index (χ1) is 15.3. The lowest BCUT2D eigenvalue weighted by atomic mass is 10.1. The highest BCUT2D eigenvalue weighted by Crippen LogP contribution is 2.25. The number of carbonyl (C=O) groups is 2. The summed E-state index contributed by atoms with van der Waals surface area (Å²) in [5.41, 5.74) is 0. The van der Waals surface area contributed by atoms with Crippen LogP contribution in [0.25, 0.3) is 0 Å². The molecule has 2 aliphatic heterocycles. The summed E-state index contributed by atoms with van der Waals surface area (Å²) >= 11 is 7.58. The molecule has 3 atom stereocenters. The van der Waals surface area contributed by atoms with Crippen LogP contribution >= 0.6 is 23.4 Å². The Morgan fingerprint density at radius 1 is 1.12 bits per heavy atom. The van der Waals surface area contributed by atoms with E-state index in [1.165, 1.54) is 11.8 Å². The molecule has 2 saturated heterocycles. The van der Waals surface area contributed by atoms with Crippen LogP contribution in [0.15, 0.2) is 11.2 Å². The monoisotopic (exact) mass is 483 g/mol. The van der Waals surface area contributed by atoms with Crippen molar-refractivity contribution in [2.24, 2.45) is 0 Å². The van der Waals surface area contributed by atoms with Gasteiger partial charge in [-0.2, -0.15) is 0 Å². The molecule has 1 aromatic heterocycles.